The molecule has 1 fully saturated rings. The van der Waals surface area contributed by atoms with E-state index < -0.39 is 0 Å². The summed E-state index contributed by atoms with van der Waals surface area (Å²) in [4.78, 5) is 35.1. The second-order valence-corrected chi connectivity index (χ2v) is 6.50. The molecule has 0 spiro atoms. The Balaban J connectivity index is 1.73. The van der Waals surface area contributed by atoms with Crippen molar-refractivity contribution in [3.8, 4) is 11.4 Å². The molecule has 6 nitrogen and oxygen atoms in total. The zero-order chi connectivity index (χ0) is 18.0. The quantitative estimate of drug-likeness (QED) is 0.921. The lowest BCUT2D eigenvalue weighted by atomic mass is 10.1. The van der Waals surface area contributed by atoms with Gasteiger partial charge in [-0.2, -0.15) is 0 Å². The fraction of sp³-hybridized carbons (Fsp3) is 0.421. The molecule has 0 radical (unpaired) electrons. The van der Waals surface area contributed by atoms with Crippen molar-refractivity contribution < 1.29 is 4.79 Å². The van der Waals surface area contributed by atoms with E-state index >= 15 is 0 Å². The van der Waals surface area contributed by atoms with Crippen LogP contribution in [0, 0.1) is 6.92 Å². The number of benzene rings is 1. The topological polar surface area (TPSA) is 69.3 Å². The molecular weight excluding hydrogens is 316 g/mol. The second-order valence-electron chi connectivity index (χ2n) is 6.50. The van der Waals surface area contributed by atoms with Crippen molar-refractivity contribution in [3.63, 3.8) is 0 Å². The molecule has 1 amide bonds. The highest BCUT2D eigenvalue weighted by molar-refractivity contribution is 5.82. The van der Waals surface area contributed by atoms with Gasteiger partial charge in [0.1, 0.15) is 5.82 Å². The third-order valence-electron chi connectivity index (χ3n) is 4.74. The number of nitrogens with zero attached hydrogens (tertiary/aromatic N) is 3. The van der Waals surface area contributed by atoms with Crippen LogP contribution in [0.4, 0.5) is 0 Å². The third kappa shape index (κ3) is 3.79. The van der Waals surface area contributed by atoms with Crippen molar-refractivity contribution in [2.75, 3.05) is 19.6 Å². The predicted octanol–water partition coefficient (Wildman–Crippen LogP) is 1.80. The summed E-state index contributed by atoms with van der Waals surface area (Å²) < 4.78 is 0. The van der Waals surface area contributed by atoms with Crippen molar-refractivity contribution in [2.24, 2.45) is 0 Å². The summed E-state index contributed by atoms with van der Waals surface area (Å²) >= 11 is 0. The number of rotatable bonds is 4. The van der Waals surface area contributed by atoms with Gasteiger partial charge in [-0.3, -0.25) is 14.5 Å². The fourth-order valence-electron chi connectivity index (χ4n) is 3.22. The number of carbonyl (C=O) groups excluding carboxylic acids is 1. The van der Waals surface area contributed by atoms with Crippen molar-refractivity contribution in [1.82, 2.24) is 19.8 Å². The second kappa shape index (κ2) is 7.19. The van der Waals surface area contributed by atoms with Crippen molar-refractivity contribution in [3.05, 3.63) is 51.9 Å². The van der Waals surface area contributed by atoms with Crippen LogP contribution < -0.4 is 5.56 Å². The van der Waals surface area contributed by atoms with Crippen LogP contribution in [0.15, 0.2) is 35.1 Å². The predicted molar refractivity (Wildman–Crippen MR) is 97.2 cm³/mol. The number of likely N-dealkylation sites (N-methyl/N-ethyl adjacent to an activating group) is 1. The van der Waals surface area contributed by atoms with E-state index in [4.69, 9.17) is 0 Å². The molecule has 2 heterocycles. The van der Waals surface area contributed by atoms with E-state index in [0.717, 1.165) is 37.3 Å². The number of H-pyrrole nitrogens is 1. The maximum Gasteiger partial charge on any atom is 0.251 e. The number of aromatic nitrogens is 2. The van der Waals surface area contributed by atoms with Crippen molar-refractivity contribution in [1.29, 1.82) is 0 Å². The van der Waals surface area contributed by atoms with Gasteiger partial charge in [0.05, 0.1) is 6.04 Å². The Morgan fingerprint density at radius 3 is 2.56 bits per heavy atom. The maximum absolute atomic E-state index is 12.3. The summed E-state index contributed by atoms with van der Waals surface area (Å²) in [5.74, 6) is 0.781. The maximum atomic E-state index is 12.3. The zero-order valence-corrected chi connectivity index (χ0v) is 15.0. The van der Waals surface area contributed by atoms with Crippen LogP contribution in [-0.4, -0.2) is 51.4 Å². The summed E-state index contributed by atoms with van der Waals surface area (Å²) in [6, 6.07) is 9.36. The Morgan fingerprint density at radius 1 is 1.20 bits per heavy atom. The molecule has 1 atom stereocenters. The van der Waals surface area contributed by atoms with Gasteiger partial charge in [-0.1, -0.05) is 24.3 Å². The molecule has 2 aromatic rings. The van der Waals surface area contributed by atoms with Gasteiger partial charge in [-0.25, -0.2) is 4.98 Å². The Bertz CT molecular complexity index is 813. The minimum Gasteiger partial charge on any atom is -0.340 e. The first kappa shape index (κ1) is 17.4. The van der Waals surface area contributed by atoms with Crippen molar-refractivity contribution in [2.45, 2.75) is 33.4 Å². The number of hydrogen-bond acceptors (Lipinski definition) is 4. The van der Waals surface area contributed by atoms with Gasteiger partial charge in [-0.15, -0.1) is 0 Å². The number of amides is 1. The summed E-state index contributed by atoms with van der Waals surface area (Å²) in [5, 5.41) is 0. The molecule has 132 valence electrons. The summed E-state index contributed by atoms with van der Waals surface area (Å²) in [5.41, 5.74) is 2.57. The van der Waals surface area contributed by atoms with Crippen LogP contribution >= 0.6 is 0 Å². The molecule has 25 heavy (non-hydrogen) atoms. The van der Waals surface area contributed by atoms with Crippen molar-refractivity contribution >= 4 is 5.91 Å². The molecule has 0 aliphatic carbocycles. The number of piperazine rings is 1. The first-order valence-corrected chi connectivity index (χ1v) is 8.68. The van der Waals surface area contributed by atoms with Gasteiger partial charge in [-0.05, 0) is 26.3 Å². The monoisotopic (exact) mass is 340 g/mol. The number of nitrogens with one attached hydrogen (secondary N) is 1. The average Bonchev–Trinajstić information content (AvgIpc) is 2.59. The van der Waals surface area contributed by atoms with Gasteiger partial charge in [0, 0.05) is 43.5 Å². The lowest BCUT2D eigenvalue weighted by molar-refractivity contribution is -0.141. The first-order chi connectivity index (χ1) is 12.0. The van der Waals surface area contributed by atoms with Crippen LogP contribution in [0.5, 0.6) is 0 Å². The molecule has 1 aliphatic heterocycles. The van der Waals surface area contributed by atoms with Crippen LogP contribution in [0.3, 0.4) is 0 Å². The smallest absolute Gasteiger partial charge is 0.251 e. The molecular formula is C19H24N4O2. The van der Waals surface area contributed by atoms with Crippen LogP contribution in [-0.2, 0) is 11.3 Å². The molecule has 1 aliphatic rings. The highest BCUT2D eigenvalue weighted by Gasteiger charge is 2.30. The summed E-state index contributed by atoms with van der Waals surface area (Å²) in [6.07, 6.45) is 0. The van der Waals surface area contributed by atoms with E-state index in [1.807, 2.05) is 43.0 Å². The Labute approximate surface area is 147 Å². The number of carbonyl (C=O) groups is 1. The highest BCUT2D eigenvalue weighted by atomic mass is 16.2. The molecule has 1 N–H and O–H groups in total. The van der Waals surface area contributed by atoms with Gasteiger partial charge < -0.3 is 9.88 Å². The van der Waals surface area contributed by atoms with E-state index in [2.05, 4.69) is 14.9 Å². The average molecular weight is 340 g/mol. The van der Waals surface area contributed by atoms with E-state index in [-0.39, 0.29) is 17.5 Å². The fourth-order valence-corrected chi connectivity index (χ4v) is 3.22. The third-order valence-corrected chi connectivity index (χ3v) is 4.74. The van der Waals surface area contributed by atoms with E-state index in [9.17, 15) is 9.59 Å². The SMILES string of the molecule is CCN1CCN(Cc2ccc(-c3nc(C)cc(=O)[nH]3)cc2)C(C)C1=O. The number of hydrogen-bond donors (Lipinski definition) is 1. The van der Waals surface area contributed by atoms with Crippen LogP contribution in [0.25, 0.3) is 11.4 Å². The first-order valence-electron chi connectivity index (χ1n) is 8.68. The molecule has 0 saturated carbocycles. The molecule has 3 rings (SSSR count). The minimum atomic E-state index is -0.146. The number of aryl methyl sites for hydroxylation is 1. The largest absolute Gasteiger partial charge is 0.340 e. The summed E-state index contributed by atoms with van der Waals surface area (Å²) in [7, 11) is 0. The minimum absolute atomic E-state index is 0.0943. The molecule has 1 saturated heterocycles. The summed E-state index contributed by atoms with van der Waals surface area (Å²) in [6.45, 7) is 8.97. The Morgan fingerprint density at radius 2 is 1.92 bits per heavy atom. The lowest BCUT2D eigenvalue weighted by Gasteiger charge is -2.38. The molecule has 0 bridgehead atoms. The molecule has 1 aromatic carbocycles. The van der Waals surface area contributed by atoms with Gasteiger partial charge in [0.15, 0.2) is 0 Å². The van der Waals surface area contributed by atoms with Crippen LogP contribution in [0.2, 0.25) is 0 Å². The van der Waals surface area contributed by atoms with E-state index in [1.54, 1.807) is 6.92 Å². The lowest BCUT2D eigenvalue weighted by Crippen LogP contribution is -2.55. The molecule has 6 heteroatoms. The zero-order valence-electron chi connectivity index (χ0n) is 15.0. The van der Waals surface area contributed by atoms with Gasteiger partial charge >= 0.3 is 0 Å². The Hall–Kier alpha value is -2.47. The van der Waals surface area contributed by atoms with Gasteiger partial charge in [0.25, 0.3) is 5.56 Å². The molecule has 1 aromatic heterocycles. The molecule has 1 unspecified atom stereocenters. The Kier molecular flexibility index (Phi) is 4.99. The van der Waals surface area contributed by atoms with E-state index in [1.165, 1.54) is 6.07 Å². The normalized spacial score (nSPS) is 18.6. The van der Waals surface area contributed by atoms with Gasteiger partial charge in [0.2, 0.25) is 5.91 Å². The number of aromatic amines is 1. The van der Waals surface area contributed by atoms with E-state index in [0.29, 0.717) is 11.5 Å². The highest BCUT2D eigenvalue weighted by Crippen LogP contribution is 2.18. The standard InChI is InChI=1S/C19H24N4O2/c1-4-22-9-10-23(14(3)19(22)25)12-15-5-7-16(8-6-15)18-20-13(2)11-17(24)21-18/h5-8,11,14H,4,9-10,12H2,1-3H3,(H,20,21,24). The van der Waals surface area contributed by atoms with Crippen LogP contribution in [0.1, 0.15) is 25.1 Å².